The van der Waals surface area contributed by atoms with Crippen LogP contribution >= 0.6 is 11.6 Å². The summed E-state index contributed by atoms with van der Waals surface area (Å²) >= 11 is 6.17. The zero-order chi connectivity index (χ0) is 29.9. The quantitative estimate of drug-likeness (QED) is 0.360. The number of fused-ring (bicyclic) bond motifs is 3. The average molecular weight is 636 g/mol. The van der Waals surface area contributed by atoms with Crippen LogP contribution in [0.5, 0.6) is 5.75 Å². The molecule has 2 heterocycles. The Balaban J connectivity index is 1.39. The molecule has 222 valence electrons. The topological polar surface area (TPSA) is 97.8 Å². The molecule has 1 unspecified atom stereocenters. The number of benzene rings is 3. The Morgan fingerprint density at radius 2 is 1.76 bits per heavy atom. The summed E-state index contributed by atoms with van der Waals surface area (Å²) in [5, 5.41) is 0.354. The van der Waals surface area contributed by atoms with Crippen LogP contribution in [-0.4, -0.2) is 51.7 Å². The highest BCUT2D eigenvalue weighted by molar-refractivity contribution is 7.92. The zero-order valence-electron chi connectivity index (χ0n) is 22.4. The summed E-state index contributed by atoms with van der Waals surface area (Å²) in [6, 6.07) is 13.0. The van der Waals surface area contributed by atoms with Gasteiger partial charge in [0.25, 0.3) is 0 Å². The molecule has 3 aliphatic rings. The van der Waals surface area contributed by atoms with Crippen molar-refractivity contribution >= 4 is 37.2 Å². The number of ether oxygens (including phenoxy) is 1. The number of rotatable bonds is 6. The van der Waals surface area contributed by atoms with Crippen LogP contribution in [-0.2, 0) is 42.2 Å². The van der Waals surface area contributed by atoms with Crippen LogP contribution in [0, 0.1) is 17.6 Å². The van der Waals surface area contributed by atoms with E-state index in [9.17, 15) is 30.4 Å². The molecule has 3 atom stereocenters. The zero-order valence-corrected chi connectivity index (χ0v) is 24.8. The van der Waals surface area contributed by atoms with Crippen molar-refractivity contribution in [1.29, 1.82) is 0 Å². The predicted molar refractivity (Wildman–Crippen MR) is 153 cm³/mol. The van der Waals surface area contributed by atoms with E-state index in [1.54, 1.807) is 23.1 Å². The lowest BCUT2D eigenvalue weighted by molar-refractivity contribution is -0.136. The first-order valence-electron chi connectivity index (χ1n) is 13.6. The van der Waals surface area contributed by atoms with Crippen molar-refractivity contribution in [3.05, 3.63) is 94.0 Å². The number of nitrogens with zero attached hydrogens (tertiary/aromatic N) is 1. The van der Waals surface area contributed by atoms with Gasteiger partial charge in [0, 0.05) is 17.1 Å². The lowest BCUT2D eigenvalue weighted by atomic mass is 9.78. The minimum atomic E-state index is -4.16. The molecule has 3 aromatic rings. The lowest BCUT2D eigenvalue weighted by Gasteiger charge is -2.43. The van der Waals surface area contributed by atoms with Gasteiger partial charge in [0.15, 0.2) is 19.7 Å². The molecule has 12 heteroatoms. The Kier molecular flexibility index (Phi) is 7.34. The molecule has 0 N–H and O–H groups in total. The summed E-state index contributed by atoms with van der Waals surface area (Å²) in [6.07, 6.45) is 1.10. The number of amides is 1. The first kappa shape index (κ1) is 29.1. The minimum absolute atomic E-state index is 0.00357. The highest BCUT2D eigenvalue weighted by atomic mass is 35.5. The maximum Gasteiger partial charge on any atom is 0.227 e. The molecule has 42 heavy (non-hydrogen) atoms. The van der Waals surface area contributed by atoms with Crippen molar-refractivity contribution in [2.24, 2.45) is 5.92 Å². The molecule has 0 radical (unpaired) electrons. The van der Waals surface area contributed by atoms with Crippen molar-refractivity contribution in [2.75, 3.05) is 18.1 Å². The van der Waals surface area contributed by atoms with Crippen molar-refractivity contribution in [3.8, 4) is 5.75 Å². The van der Waals surface area contributed by atoms with Gasteiger partial charge in [-0.3, -0.25) is 4.79 Å². The highest BCUT2D eigenvalue weighted by Crippen LogP contribution is 2.53. The standard InChI is InChI=1S/C30H28ClF2NO6S2/c31-27-9-4-23(33)15-21(27)17-40-24-5-8-26-19(16-24)1-10-28-30(26,42(38,39)25-6-2-22(32)3-7-25)12-13-34(28)29(35)20-11-14-41(36,37)18-20/h2-9,15-16,20,28H,1,10-14,17-18H2/t20?,28-,30-/m1/s1. The van der Waals surface area contributed by atoms with Crippen LogP contribution in [0.1, 0.15) is 36.0 Å². The molecule has 0 saturated carbocycles. The fraction of sp³-hybridized carbons (Fsp3) is 0.367. The summed E-state index contributed by atoms with van der Waals surface area (Å²) in [7, 11) is -7.48. The van der Waals surface area contributed by atoms with Gasteiger partial charge in [-0.1, -0.05) is 17.7 Å². The molecule has 0 aromatic heterocycles. The maximum atomic E-state index is 14.5. The molecule has 6 rings (SSSR count). The number of hydrogen-bond acceptors (Lipinski definition) is 6. The van der Waals surface area contributed by atoms with Crippen LogP contribution in [0.4, 0.5) is 8.78 Å². The fourth-order valence-corrected chi connectivity index (χ4v) is 11.0. The smallest absolute Gasteiger partial charge is 0.227 e. The predicted octanol–water partition coefficient (Wildman–Crippen LogP) is 4.85. The Bertz CT molecular complexity index is 1780. The van der Waals surface area contributed by atoms with Gasteiger partial charge >= 0.3 is 0 Å². The highest BCUT2D eigenvalue weighted by Gasteiger charge is 2.61. The Hall–Kier alpha value is -3.02. The number of likely N-dealkylation sites (tertiary alicyclic amines) is 1. The van der Waals surface area contributed by atoms with E-state index in [0.717, 1.165) is 17.7 Å². The Morgan fingerprint density at radius 1 is 1.02 bits per heavy atom. The first-order valence-corrected chi connectivity index (χ1v) is 17.3. The Labute approximate surface area is 248 Å². The van der Waals surface area contributed by atoms with Gasteiger partial charge in [-0.05, 0) is 91.4 Å². The SMILES string of the molecule is O=C(C1CCS(=O)(=O)C1)N1CC[C@@]2(S(=O)(=O)c3ccc(F)cc3)c3ccc(OCc4cc(F)ccc4Cl)cc3CC[C@@H]12. The first-order chi connectivity index (χ1) is 19.9. The third-order valence-corrected chi connectivity index (χ3v) is 13.4. The van der Waals surface area contributed by atoms with E-state index in [1.165, 1.54) is 30.3 Å². The molecule has 2 saturated heterocycles. The van der Waals surface area contributed by atoms with E-state index < -0.39 is 48.0 Å². The molecule has 0 bridgehead atoms. The van der Waals surface area contributed by atoms with Crippen LogP contribution in [0.25, 0.3) is 0 Å². The summed E-state index contributed by atoms with van der Waals surface area (Å²) in [5.74, 6) is -1.91. The van der Waals surface area contributed by atoms with E-state index in [4.69, 9.17) is 16.3 Å². The molecule has 1 amide bonds. The lowest BCUT2D eigenvalue weighted by Crippen LogP contribution is -2.53. The van der Waals surface area contributed by atoms with E-state index in [-0.39, 0.29) is 48.3 Å². The van der Waals surface area contributed by atoms with Gasteiger partial charge in [-0.2, -0.15) is 0 Å². The fourth-order valence-electron chi connectivity index (χ4n) is 6.72. The van der Waals surface area contributed by atoms with Crippen LogP contribution < -0.4 is 4.74 Å². The Morgan fingerprint density at radius 3 is 2.48 bits per heavy atom. The third kappa shape index (κ3) is 4.89. The molecule has 2 fully saturated rings. The molecular weight excluding hydrogens is 608 g/mol. The number of carbonyl (C=O) groups excluding carboxylic acids is 1. The van der Waals surface area contributed by atoms with E-state index in [2.05, 4.69) is 0 Å². The summed E-state index contributed by atoms with van der Waals surface area (Å²) in [5.41, 5.74) is 1.73. The van der Waals surface area contributed by atoms with Crippen LogP contribution in [0.15, 0.2) is 65.6 Å². The second-order valence-electron chi connectivity index (χ2n) is 11.1. The van der Waals surface area contributed by atoms with Crippen LogP contribution in [0.3, 0.4) is 0 Å². The van der Waals surface area contributed by atoms with E-state index in [1.807, 2.05) is 0 Å². The number of sulfone groups is 2. The largest absolute Gasteiger partial charge is 0.489 e. The van der Waals surface area contributed by atoms with Gasteiger partial charge in [0.1, 0.15) is 28.7 Å². The molecular formula is C30H28ClF2NO6S2. The molecule has 1 aliphatic carbocycles. The van der Waals surface area contributed by atoms with Gasteiger partial charge in [0.05, 0.1) is 28.4 Å². The second kappa shape index (κ2) is 10.6. The van der Waals surface area contributed by atoms with Crippen molar-refractivity contribution in [1.82, 2.24) is 4.90 Å². The van der Waals surface area contributed by atoms with Gasteiger partial charge in [0.2, 0.25) is 5.91 Å². The summed E-state index contributed by atoms with van der Waals surface area (Å²) < 4.78 is 85.1. The van der Waals surface area contributed by atoms with Crippen molar-refractivity contribution < 1.29 is 35.1 Å². The van der Waals surface area contributed by atoms with Crippen molar-refractivity contribution in [3.63, 3.8) is 0 Å². The number of carbonyl (C=O) groups is 1. The van der Waals surface area contributed by atoms with E-state index in [0.29, 0.717) is 34.7 Å². The average Bonchev–Trinajstić information content (AvgIpc) is 3.54. The van der Waals surface area contributed by atoms with E-state index >= 15 is 0 Å². The number of halogens is 3. The molecule has 2 aliphatic heterocycles. The summed E-state index contributed by atoms with van der Waals surface area (Å²) in [6.45, 7) is 0.153. The normalized spacial score (nSPS) is 24.7. The van der Waals surface area contributed by atoms with Crippen LogP contribution in [0.2, 0.25) is 5.02 Å². The number of hydrogen-bond donors (Lipinski definition) is 0. The maximum absolute atomic E-state index is 14.5. The summed E-state index contributed by atoms with van der Waals surface area (Å²) in [4.78, 5) is 15.1. The van der Waals surface area contributed by atoms with Gasteiger partial charge in [-0.25, -0.2) is 25.6 Å². The molecule has 3 aromatic carbocycles. The van der Waals surface area contributed by atoms with Gasteiger partial charge < -0.3 is 9.64 Å². The molecule has 0 spiro atoms. The monoisotopic (exact) mass is 635 g/mol. The number of aryl methyl sites for hydroxylation is 1. The van der Waals surface area contributed by atoms with Crippen molar-refractivity contribution in [2.45, 2.75) is 48.0 Å². The second-order valence-corrected chi connectivity index (χ2v) is 16.0. The minimum Gasteiger partial charge on any atom is -0.489 e. The molecule has 7 nitrogen and oxygen atoms in total. The van der Waals surface area contributed by atoms with Gasteiger partial charge in [-0.15, -0.1) is 0 Å². The third-order valence-electron chi connectivity index (χ3n) is 8.73.